The molecular weight excluding hydrogens is 581 g/mol. The molecule has 0 saturated carbocycles. The van der Waals surface area contributed by atoms with Crippen LogP contribution in [0.1, 0.15) is 76.0 Å². The van der Waals surface area contributed by atoms with Gasteiger partial charge in [-0.2, -0.15) is 0 Å². The first-order valence-electron chi connectivity index (χ1n) is 17.5. The normalized spacial score (nSPS) is 11.2. The molecule has 48 heavy (non-hydrogen) atoms. The maximum absolute atomic E-state index is 3.65. The third-order valence-electron chi connectivity index (χ3n) is 9.25. The van der Waals surface area contributed by atoms with Gasteiger partial charge in [0.25, 0.3) is 0 Å². The van der Waals surface area contributed by atoms with Crippen molar-refractivity contribution in [2.75, 3.05) is 10.6 Å². The second-order valence-electron chi connectivity index (χ2n) is 13.5. The van der Waals surface area contributed by atoms with Crippen LogP contribution in [-0.2, 0) is 6.42 Å². The molecular formula is C46H48N2. The Kier molecular flexibility index (Phi) is 10.4. The largest absolute Gasteiger partial charge is 0.356 e. The second kappa shape index (κ2) is 15.2. The van der Waals surface area contributed by atoms with Crippen LogP contribution in [0.4, 0.5) is 22.7 Å². The van der Waals surface area contributed by atoms with E-state index in [4.69, 9.17) is 0 Å². The number of hydrogen-bond donors (Lipinski definition) is 2. The van der Waals surface area contributed by atoms with Crippen molar-refractivity contribution in [3.05, 3.63) is 156 Å². The monoisotopic (exact) mass is 628 g/mol. The highest BCUT2D eigenvalue weighted by molar-refractivity contribution is 5.87. The van der Waals surface area contributed by atoms with Gasteiger partial charge in [-0.15, -0.1) is 0 Å². The number of rotatable bonds is 12. The molecule has 242 valence electrons. The maximum Gasteiger partial charge on any atom is 0.0390 e. The maximum atomic E-state index is 3.65. The molecule has 0 saturated heterocycles. The van der Waals surface area contributed by atoms with Crippen LogP contribution < -0.4 is 10.6 Å². The van der Waals surface area contributed by atoms with Crippen LogP contribution in [0.25, 0.3) is 33.4 Å². The molecule has 0 aliphatic carbocycles. The van der Waals surface area contributed by atoms with E-state index in [0.717, 1.165) is 29.2 Å². The van der Waals surface area contributed by atoms with Crippen molar-refractivity contribution in [1.82, 2.24) is 0 Å². The molecule has 0 spiro atoms. The van der Waals surface area contributed by atoms with Crippen LogP contribution >= 0.6 is 0 Å². The topological polar surface area (TPSA) is 24.1 Å². The molecule has 0 radical (unpaired) electrons. The van der Waals surface area contributed by atoms with Gasteiger partial charge in [0.05, 0.1) is 0 Å². The van der Waals surface area contributed by atoms with Gasteiger partial charge in [0.2, 0.25) is 0 Å². The summed E-state index contributed by atoms with van der Waals surface area (Å²) in [6, 6.07) is 51.1. The molecule has 6 rings (SSSR count). The molecule has 0 heterocycles. The molecule has 2 nitrogen and oxygen atoms in total. The van der Waals surface area contributed by atoms with Crippen molar-refractivity contribution in [2.45, 2.75) is 65.7 Å². The van der Waals surface area contributed by atoms with E-state index in [1.165, 1.54) is 62.9 Å². The van der Waals surface area contributed by atoms with Crippen LogP contribution in [0.2, 0.25) is 0 Å². The molecule has 0 aliphatic rings. The Bertz CT molecular complexity index is 1900. The number of aryl methyl sites for hydroxylation is 1. The Hall–Kier alpha value is -5.08. The lowest BCUT2D eigenvalue weighted by Crippen LogP contribution is -1.94. The zero-order valence-corrected chi connectivity index (χ0v) is 29.1. The molecule has 2 N–H and O–H groups in total. The summed E-state index contributed by atoms with van der Waals surface area (Å²) in [5.74, 6) is 1.05. The summed E-state index contributed by atoms with van der Waals surface area (Å²) in [5.41, 5.74) is 15.8. The van der Waals surface area contributed by atoms with E-state index in [2.05, 4.69) is 185 Å². The van der Waals surface area contributed by atoms with Crippen molar-refractivity contribution in [3.8, 4) is 33.4 Å². The van der Waals surface area contributed by atoms with E-state index in [-0.39, 0.29) is 0 Å². The fraction of sp³-hybridized carbons (Fsp3) is 0.217. The Morgan fingerprint density at radius 3 is 1.31 bits per heavy atom. The minimum Gasteiger partial charge on any atom is -0.356 e. The van der Waals surface area contributed by atoms with Gasteiger partial charge in [-0.25, -0.2) is 0 Å². The SMILES string of the molecule is CCCCc1ccc(-c2cc(Nc3ccc(C(C)C)cc3)ccc2-c2ccc(-c3ccc(Nc4ccc(C(C)C)cc4)cc3)cc2)cc1. The Morgan fingerprint density at radius 1 is 0.417 bits per heavy atom. The molecule has 0 amide bonds. The summed E-state index contributed by atoms with van der Waals surface area (Å²) >= 11 is 0. The highest BCUT2D eigenvalue weighted by Crippen LogP contribution is 2.37. The number of anilines is 4. The predicted octanol–water partition coefficient (Wildman–Crippen LogP) is 13.8. The zero-order chi connectivity index (χ0) is 33.5. The first-order chi connectivity index (χ1) is 23.4. The van der Waals surface area contributed by atoms with Gasteiger partial charge in [-0.1, -0.05) is 132 Å². The third kappa shape index (κ3) is 8.06. The van der Waals surface area contributed by atoms with Gasteiger partial charge in [-0.3, -0.25) is 0 Å². The van der Waals surface area contributed by atoms with Crippen molar-refractivity contribution < 1.29 is 0 Å². The molecule has 0 aliphatic heterocycles. The molecule has 6 aromatic carbocycles. The molecule has 2 heteroatoms. The molecule has 0 fully saturated rings. The Balaban J connectivity index is 1.24. The van der Waals surface area contributed by atoms with Crippen LogP contribution in [0, 0.1) is 0 Å². The lowest BCUT2D eigenvalue weighted by atomic mass is 9.92. The fourth-order valence-electron chi connectivity index (χ4n) is 6.17. The molecule has 0 atom stereocenters. The summed E-state index contributed by atoms with van der Waals surface area (Å²) < 4.78 is 0. The van der Waals surface area contributed by atoms with Crippen molar-refractivity contribution >= 4 is 22.7 Å². The number of unbranched alkanes of at least 4 members (excludes halogenated alkanes) is 1. The first kappa shape index (κ1) is 32.8. The van der Waals surface area contributed by atoms with Crippen LogP contribution in [0.3, 0.4) is 0 Å². The molecule has 0 bridgehead atoms. The molecule has 6 aromatic rings. The lowest BCUT2D eigenvalue weighted by Gasteiger charge is -2.16. The minimum atomic E-state index is 0.519. The Labute approximate surface area is 287 Å². The van der Waals surface area contributed by atoms with Gasteiger partial charge in [0.15, 0.2) is 0 Å². The van der Waals surface area contributed by atoms with Crippen molar-refractivity contribution in [2.24, 2.45) is 0 Å². The zero-order valence-electron chi connectivity index (χ0n) is 29.1. The second-order valence-corrected chi connectivity index (χ2v) is 13.5. The van der Waals surface area contributed by atoms with E-state index in [9.17, 15) is 0 Å². The predicted molar refractivity (Wildman–Crippen MR) is 209 cm³/mol. The molecule has 0 aromatic heterocycles. The summed E-state index contributed by atoms with van der Waals surface area (Å²) in [5, 5.41) is 7.19. The third-order valence-corrected chi connectivity index (χ3v) is 9.25. The number of hydrogen-bond acceptors (Lipinski definition) is 2. The van der Waals surface area contributed by atoms with Gasteiger partial charge in [-0.05, 0) is 123 Å². The van der Waals surface area contributed by atoms with Crippen LogP contribution in [-0.4, -0.2) is 0 Å². The first-order valence-corrected chi connectivity index (χ1v) is 17.5. The standard InChI is InChI=1S/C46H48N2/c1-6-7-8-34-9-11-40(12-10-34)46-31-44(48-43-25-19-36(20-26-43)33(4)5)29-30-45(46)39-15-13-37(14-16-39)38-21-27-42(28-22-38)47-41-23-17-35(18-24-41)32(2)3/h9-33,47-48H,6-8H2,1-5H3. The smallest absolute Gasteiger partial charge is 0.0390 e. The lowest BCUT2D eigenvalue weighted by molar-refractivity contribution is 0.795. The van der Waals surface area contributed by atoms with Crippen LogP contribution in [0.5, 0.6) is 0 Å². The van der Waals surface area contributed by atoms with E-state index in [1.54, 1.807) is 0 Å². The summed E-state index contributed by atoms with van der Waals surface area (Å²) in [4.78, 5) is 0. The van der Waals surface area contributed by atoms with Crippen molar-refractivity contribution in [3.63, 3.8) is 0 Å². The minimum absolute atomic E-state index is 0.519. The average Bonchev–Trinajstić information content (AvgIpc) is 3.12. The van der Waals surface area contributed by atoms with Gasteiger partial charge < -0.3 is 10.6 Å². The van der Waals surface area contributed by atoms with Gasteiger partial charge >= 0.3 is 0 Å². The van der Waals surface area contributed by atoms with Crippen LogP contribution in [0.15, 0.2) is 140 Å². The van der Waals surface area contributed by atoms with Crippen molar-refractivity contribution in [1.29, 1.82) is 0 Å². The highest BCUT2D eigenvalue weighted by atomic mass is 14.9. The van der Waals surface area contributed by atoms with Gasteiger partial charge in [0, 0.05) is 22.7 Å². The van der Waals surface area contributed by atoms with E-state index >= 15 is 0 Å². The fourth-order valence-corrected chi connectivity index (χ4v) is 6.17. The quantitative estimate of drug-likeness (QED) is 0.141. The molecule has 0 unspecified atom stereocenters. The van der Waals surface area contributed by atoms with E-state index < -0.39 is 0 Å². The number of benzene rings is 6. The summed E-state index contributed by atoms with van der Waals surface area (Å²) in [7, 11) is 0. The summed E-state index contributed by atoms with van der Waals surface area (Å²) in [6.45, 7) is 11.2. The number of nitrogens with one attached hydrogen (secondary N) is 2. The van der Waals surface area contributed by atoms with E-state index in [0.29, 0.717) is 11.8 Å². The van der Waals surface area contributed by atoms with E-state index in [1.807, 2.05) is 0 Å². The summed E-state index contributed by atoms with van der Waals surface area (Å²) in [6.07, 6.45) is 3.56. The Morgan fingerprint density at radius 2 is 0.812 bits per heavy atom. The average molecular weight is 629 g/mol. The highest BCUT2D eigenvalue weighted by Gasteiger charge is 2.11. The van der Waals surface area contributed by atoms with Gasteiger partial charge in [0.1, 0.15) is 0 Å².